The van der Waals surface area contributed by atoms with Crippen LogP contribution in [-0.2, 0) is 4.79 Å². The predicted molar refractivity (Wildman–Crippen MR) is 134 cm³/mol. The molecule has 1 atom stereocenters. The molecule has 1 unspecified atom stereocenters. The average Bonchev–Trinajstić information content (AvgIpc) is 3.63. The molecule has 1 saturated heterocycles. The molecular weight excluding hydrogens is 454 g/mol. The minimum atomic E-state index is -0.824. The van der Waals surface area contributed by atoms with Crippen molar-refractivity contribution >= 4 is 22.8 Å². The van der Waals surface area contributed by atoms with Crippen molar-refractivity contribution < 1.29 is 9.53 Å². The highest BCUT2D eigenvalue weighted by Crippen LogP contribution is 2.47. The largest absolute Gasteiger partial charge is 0.457 e. The lowest BCUT2D eigenvalue weighted by Crippen LogP contribution is -2.44. The van der Waals surface area contributed by atoms with Crippen LogP contribution in [0.2, 0.25) is 0 Å². The molecule has 2 aliphatic rings. The van der Waals surface area contributed by atoms with Crippen LogP contribution in [0.4, 0.5) is 5.82 Å². The summed E-state index contributed by atoms with van der Waals surface area (Å²) >= 11 is 0. The predicted octanol–water partition coefficient (Wildman–Crippen LogP) is 4.34. The van der Waals surface area contributed by atoms with E-state index in [1.54, 1.807) is 0 Å². The number of nitriles is 1. The van der Waals surface area contributed by atoms with Crippen molar-refractivity contribution in [1.29, 1.82) is 5.26 Å². The summed E-state index contributed by atoms with van der Waals surface area (Å²) in [5.74, 6) is 1.77. The summed E-state index contributed by atoms with van der Waals surface area (Å²) in [5, 5.41) is 15.1. The minimum absolute atomic E-state index is 0.0606. The fourth-order valence-electron chi connectivity index (χ4n) is 4.90. The van der Waals surface area contributed by atoms with Gasteiger partial charge in [-0.15, -0.1) is 0 Å². The maximum absolute atomic E-state index is 13.0. The van der Waals surface area contributed by atoms with Crippen molar-refractivity contribution in [3.8, 4) is 28.8 Å². The number of anilines is 1. The Kier molecular flexibility index (Phi) is 5.29. The molecule has 1 saturated carbocycles. The number of piperidine rings is 1. The number of amides is 1. The molecule has 4 aromatic rings. The van der Waals surface area contributed by atoms with Crippen molar-refractivity contribution in [3.05, 3.63) is 60.9 Å². The molecule has 6 rings (SSSR count). The summed E-state index contributed by atoms with van der Waals surface area (Å²) in [7, 11) is 0. The topological polar surface area (TPSA) is 123 Å². The second kappa shape index (κ2) is 8.64. The van der Waals surface area contributed by atoms with E-state index in [-0.39, 0.29) is 11.9 Å². The average molecular weight is 480 g/mol. The van der Waals surface area contributed by atoms with Crippen LogP contribution >= 0.6 is 0 Å². The van der Waals surface area contributed by atoms with E-state index in [2.05, 4.69) is 16.0 Å². The molecule has 9 nitrogen and oxygen atoms in total. The molecule has 1 aliphatic carbocycles. The van der Waals surface area contributed by atoms with Crippen molar-refractivity contribution in [1.82, 2.24) is 24.6 Å². The third-order valence-corrected chi connectivity index (χ3v) is 7.03. The number of hydrogen-bond acceptors (Lipinski definition) is 7. The number of fused-ring (bicyclic) bond motifs is 1. The number of nitrogens with zero attached hydrogens (tertiary/aromatic N) is 6. The van der Waals surface area contributed by atoms with Crippen LogP contribution in [0.25, 0.3) is 22.3 Å². The number of ether oxygens (including phenoxy) is 1. The standard InChI is InChI=1S/C27H25N7O2/c28-16-27(12-13-27)26(35)33-14-4-5-19(15-33)34-25-22(24(29)30-17-31-25)23(32-34)18-8-10-21(11-9-18)36-20-6-2-1-3-7-20/h1-3,6-11,17,19H,4-5,12-15H2,(H2,29,30,31). The minimum Gasteiger partial charge on any atom is -0.457 e. The number of benzene rings is 2. The van der Waals surface area contributed by atoms with Crippen LogP contribution in [0.5, 0.6) is 11.5 Å². The fraction of sp³-hybridized carbons (Fsp3) is 0.296. The third-order valence-electron chi connectivity index (χ3n) is 7.03. The van der Waals surface area contributed by atoms with E-state index in [0.29, 0.717) is 54.2 Å². The second-order valence-electron chi connectivity index (χ2n) is 9.43. The van der Waals surface area contributed by atoms with Gasteiger partial charge in [0.05, 0.1) is 17.5 Å². The Morgan fingerprint density at radius 2 is 1.83 bits per heavy atom. The van der Waals surface area contributed by atoms with E-state index >= 15 is 0 Å². The van der Waals surface area contributed by atoms with E-state index in [9.17, 15) is 10.1 Å². The van der Waals surface area contributed by atoms with Gasteiger partial charge < -0.3 is 15.4 Å². The van der Waals surface area contributed by atoms with Crippen LogP contribution in [0.1, 0.15) is 31.7 Å². The number of carbonyl (C=O) groups is 1. The zero-order chi connectivity index (χ0) is 24.7. The normalized spacial score (nSPS) is 18.5. The van der Waals surface area contributed by atoms with Gasteiger partial charge in [0.15, 0.2) is 5.65 Å². The summed E-state index contributed by atoms with van der Waals surface area (Å²) < 4.78 is 7.80. The summed E-state index contributed by atoms with van der Waals surface area (Å²) in [5.41, 5.74) is 7.67. The van der Waals surface area contributed by atoms with E-state index < -0.39 is 5.41 Å². The van der Waals surface area contributed by atoms with E-state index in [1.807, 2.05) is 64.2 Å². The molecular formula is C27H25N7O2. The molecule has 2 aromatic carbocycles. The Morgan fingerprint density at radius 1 is 1.08 bits per heavy atom. The van der Waals surface area contributed by atoms with Gasteiger partial charge in [-0.2, -0.15) is 10.4 Å². The maximum Gasteiger partial charge on any atom is 0.243 e. The number of para-hydroxylation sites is 1. The molecule has 1 aliphatic heterocycles. The van der Waals surface area contributed by atoms with Gasteiger partial charge in [-0.05, 0) is 62.1 Å². The number of carbonyl (C=O) groups excluding carboxylic acids is 1. The first kappa shape index (κ1) is 22.0. The van der Waals surface area contributed by atoms with Crippen LogP contribution in [0, 0.1) is 16.7 Å². The Bertz CT molecular complexity index is 1470. The zero-order valence-corrected chi connectivity index (χ0v) is 19.7. The monoisotopic (exact) mass is 479 g/mol. The maximum atomic E-state index is 13.0. The molecule has 0 spiro atoms. The molecule has 0 radical (unpaired) electrons. The van der Waals surface area contributed by atoms with Crippen molar-refractivity contribution in [2.75, 3.05) is 18.8 Å². The van der Waals surface area contributed by atoms with Gasteiger partial charge in [0.2, 0.25) is 5.91 Å². The van der Waals surface area contributed by atoms with Gasteiger partial charge in [-0.25, -0.2) is 14.6 Å². The van der Waals surface area contributed by atoms with Gasteiger partial charge in [-0.1, -0.05) is 18.2 Å². The SMILES string of the molecule is N#CC1(C(=O)N2CCCC(n3nc(-c4ccc(Oc5ccccc5)cc4)c4c(N)ncnc43)C2)CC1. The number of hydrogen-bond donors (Lipinski definition) is 1. The number of aromatic nitrogens is 4. The number of nitrogen functional groups attached to an aromatic ring is 1. The zero-order valence-electron chi connectivity index (χ0n) is 19.7. The van der Waals surface area contributed by atoms with Gasteiger partial charge in [0, 0.05) is 18.7 Å². The summed E-state index contributed by atoms with van der Waals surface area (Å²) in [6, 6.07) is 19.4. The molecule has 1 amide bonds. The lowest BCUT2D eigenvalue weighted by atomic mass is 10.0. The summed E-state index contributed by atoms with van der Waals surface area (Å²) in [6.07, 6.45) is 4.42. The van der Waals surface area contributed by atoms with Crippen LogP contribution in [0.15, 0.2) is 60.9 Å². The Labute approximate surface area is 208 Å². The number of rotatable bonds is 5. The Balaban J connectivity index is 1.32. The van der Waals surface area contributed by atoms with Crippen molar-refractivity contribution in [2.45, 2.75) is 31.7 Å². The van der Waals surface area contributed by atoms with Gasteiger partial charge in [0.1, 0.15) is 34.8 Å². The molecule has 2 fully saturated rings. The lowest BCUT2D eigenvalue weighted by Gasteiger charge is -2.34. The molecule has 3 heterocycles. The highest BCUT2D eigenvalue weighted by atomic mass is 16.5. The van der Waals surface area contributed by atoms with E-state index in [1.165, 1.54) is 6.33 Å². The van der Waals surface area contributed by atoms with Crippen molar-refractivity contribution in [3.63, 3.8) is 0 Å². The second-order valence-corrected chi connectivity index (χ2v) is 9.43. The van der Waals surface area contributed by atoms with Gasteiger partial charge >= 0.3 is 0 Å². The molecule has 36 heavy (non-hydrogen) atoms. The quantitative estimate of drug-likeness (QED) is 0.452. The van der Waals surface area contributed by atoms with Crippen molar-refractivity contribution in [2.24, 2.45) is 5.41 Å². The Morgan fingerprint density at radius 3 is 2.56 bits per heavy atom. The third kappa shape index (κ3) is 3.81. The van der Waals surface area contributed by atoms with E-state index in [4.69, 9.17) is 15.6 Å². The van der Waals surface area contributed by atoms with Crippen LogP contribution in [-0.4, -0.2) is 43.6 Å². The highest BCUT2D eigenvalue weighted by molar-refractivity contribution is 5.98. The highest BCUT2D eigenvalue weighted by Gasteiger charge is 2.53. The molecule has 0 bridgehead atoms. The lowest BCUT2D eigenvalue weighted by molar-refractivity contribution is -0.136. The first-order valence-electron chi connectivity index (χ1n) is 12.1. The number of likely N-dealkylation sites (tertiary alicyclic amines) is 1. The summed E-state index contributed by atoms with van der Waals surface area (Å²) in [4.78, 5) is 23.6. The number of nitrogens with two attached hydrogens (primary N) is 1. The van der Waals surface area contributed by atoms with Crippen LogP contribution < -0.4 is 10.5 Å². The smallest absolute Gasteiger partial charge is 0.243 e. The van der Waals surface area contributed by atoms with Crippen LogP contribution in [0.3, 0.4) is 0 Å². The van der Waals surface area contributed by atoms with Gasteiger partial charge in [-0.3, -0.25) is 4.79 Å². The Hall–Kier alpha value is -4.45. The first-order valence-corrected chi connectivity index (χ1v) is 12.1. The summed E-state index contributed by atoms with van der Waals surface area (Å²) in [6.45, 7) is 1.15. The molecule has 2 N–H and O–H groups in total. The molecule has 2 aromatic heterocycles. The van der Waals surface area contributed by atoms with Gasteiger partial charge in [0.25, 0.3) is 0 Å². The molecule has 9 heteroatoms. The first-order chi connectivity index (χ1) is 17.6. The molecule has 180 valence electrons. The van der Waals surface area contributed by atoms with E-state index in [0.717, 1.165) is 24.2 Å². The fourth-order valence-corrected chi connectivity index (χ4v) is 4.90.